The number of nitrogens with zero attached hydrogens (tertiary/aromatic N) is 2. The summed E-state index contributed by atoms with van der Waals surface area (Å²) >= 11 is 0. The van der Waals surface area contributed by atoms with Crippen LogP contribution in [0.15, 0.2) is 12.3 Å². The summed E-state index contributed by atoms with van der Waals surface area (Å²) < 4.78 is 6.13. The largest absolute Gasteiger partial charge is 0.461 e. The highest BCUT2D eigenvalue weighted by Gasteiger charge is 2.13. The molecule has 0 bridgehead atoms. The number of ether oxygens (including phenoxy) is 1. The van der Waals surface area contributed by atoms with E-state index in [4.69, 9.17) is 4.74 Å². The monoisotopic (exact) mass is 196 g/mol. The molecule has 0 fully saturated rings. The van der Waals surface area contributed by atoms with E-state index in [-0.39, 0.29) is 12.3 Å². The van der Waals surface area contributed by atoms with Gasteiger partial charge in [0.05, 0.1) is 6.61 Å². The Kier molecular flexibility index (Phi) is 3.39. The maximum atomic E-state index is 11.3. The summed E-state index contributed by atoms with van der Waals surface area (Å²) in [7, 11) is 0. The number of Topliss-reactive ketones (excluding diaryl/α,β-unsaturated/α-hetero) is 1. The standard InChI is InChI=1S/C9H12N2O3/c1-3-14-9(13)8-4-5-10-11(8)6-7(2)12/h4-5H,3,6H2,1-2H3. The summed E-state index contributed by atoms with van der Waals surface area (Å²) in [4.78, 5) is 22.1. The summed E-state index contributed by atoms with van der Waals surface area (Å²) in [5.74, 6) is -0.509. The average Bonchev–Trinajstić information content (AvgIpc) is 2.51. The summed E-state index contributed by atoms with van der Waals surface area (Å²) in [6.07, 6.45) is 1.47. The summed E-state index contributed by atoms with van der Waals surface area (Å²) in [6, 6.07) is 1.53. The van der Waals surface area contributed by atoms with Gasteiger partial charge in [-0.25, -0.2) is 4.79 Å². The molecule has 0 radical (unpaired) electrons. The lowest BCUT2D eigenvalue weighted by molar-refractivity contribution is -0.117. The third-order valence-corrected chi connectivity index (χ3v) is 1.57. The van der Waals surface area contributed by atoms with Crippen LogP contribution in [0.1, 0.15) is 24.3 Å². The number of hydrogen-bond donors (Lipinski definition) is 0. The third kappa shape index (κ3) is 2.42. The molecule has 0 aliphatic carbocycles. The van der Waals surface area contributed by atoms with Gasteiger partial charge in [-0.15, -0.1) is 0 Å². The Labute approximate surface area is 81.7 Å². The van der Waals surface area contributed by atoms with E-state index in [2.05, 4.69) is 5.10 Å². The van der Waals surface area contributed by atoms with Crippen molar-refractivity contribution in [2.75, 3.05) is 6.61 Å². The van der Waals surface area contributed by atoms with E-state index < -0.39 is 5.97 Å². The third-order valence-electron chi connectivity index (χ3n) is 1.57. The predicted octanol–water partition coefficient (Wildman–Crippen LogP) is 0.649. The lowest BCUT2D eigenvalue weighted by Crippen LogP contribution is -2.16. The first-order valence-electron chi connectivity index (χ1n) is 4.33. The maximum absolute atomic E-state index is 11.3. The van der Waals surface area contributed by atoms with Crippen molar-refractivity contribution in [3.8, 4) is 0 Å². The van der Waals surface area contributed by atoms with Crippen molar-refractivity contribution in [2.45, 2.75) is 20.4 Å². The van der Waals surface area contributed by atoms with Gasteiger partial charge in [-0.1, -0.05) is 0 Å². The molecule has 0 unspecified atom stereocenters. The van der Waals surface area contributed by atoms with Crippen LogP contribution < -0.4 is 0 Å². The van der Waals surface area contributed by atoms with Crippen molar-refractivity contribution in [1.82, 2.24) is 9.78 Å². The van der Waals surface area contributed by atoms with Crippen molar-refractivity contribution in [1.29, 1.82) is 0 Å². The number of ketones is 1. The van der Waals surface area contributed by atoms with Crippen LogP contribution in [-0.2, 0) is 16.1 Å². The molecule has 1 heterocycles. The molecule has 0 aliphatic rings. The zero-order chi connectivity index (χ0) is 10.6. The van der Waals surface area contributed by atoms with Gasteiger partial charge in [0.25, 0.3) is 0 Å². The molecular weight excluding hydrogens is 184 g/mol. The SMILES string of the molecule is CCOC(=O)c1ccnn1CC(C)=O. The van der Waals surface area contributed by atoms with E-state index in [1.54, 1.807) is 6.92 Å². The normalized spacial score (nSPS) is 9.86. The smallest absolute Gasteiger partial charge is 0.356 e. The van der Waals surface area contributed by atoms with Gasteiger partial charge >= 0.3 is 5.97 Å². The van der Waals surface area contributed by atoms with E-state index in [0.29, 0.717) is 12.3 Å². The first-order valence-corrected chi connectivity index (χ1v) is 4.33. The van der Waals surface area contributed by atoms with Crippen LogP contribution >= 0.6 is 0 Å². The molecule has 76 valence electrons. The van der Waals surface area contributed by atoms with Crippen molar-refractivity contribution >= 4 is 11.8 Å². The highest BCUT2D eigenvalue weighted by molar-refractivity contribution is 5.88. The topological polar surface area (TPSA) is 61.2 Å². The number of carbonyl (C=O) groups excluding carboxylic acids is 2. The van der Waals surface area contributed by atoms with Crippen LogP contribution in [0.2, 0.25) is 0 Å². The molecule has 1 aromatic rings. The van der Waals surface area contributed by atoms with Crippen LogP contribution in [0, 0.1) is 0 Å². The molecule has 0 N–H and O–H groups in total. The minimum atomic E-state index is -0.453. The molecule has 0 aliphatic heterocycles. The van der Waals surface area contributed by atoms with Crippen LogP contribution in [-0.4, -0.2) is 28.1 Å². The molecular formula is C9H12N2O3. The molecule has 0 amide bonds. The van der Waals surface area contributed by atoms with Gasteiger partial charge in [-0.2, -0.15) is 5.10 Å². The Bertz CT molecular complexity index is 344. The molecule has 5 nitrogen and oxygen atoms in total. The van der Waals surface area contributed by atoms with Gasteiger partial charge in [-0.3, -0.25) is 9.48 Å². The van der Waals surface area contributed by atoms with Crippen molar-refractivity contribution in [2.24, 2.45) is 0 Å². The van der Waals surface area contributed by atoms with Crippen LogP contribution in [0.25, 0.3) is 0 Å². The average molecular weight is 196 g/mol. The molecule has 1 aromatic heterocycles. The van der Waals surface area contributed by atoms with Crippen LogP contribution in [0.5, 0.6) is 0 Å². The minimum absolute atomic E-state index is 0.0563. The van der Waals surface area contributed by atoms with Crippen LogP contribution in [0.3, 0.4) is 0 Å². The summed E-state index contributed by atoms with van der Waals surface area (Å²) in [5.41, 5.74) is 0.307. The van der Waals surface area contributed by atoms with Crippen molar-refractivity contribution < 1.29 is 14.3 Å². The van der Waals surface area contributed by atoms with Crippen molar-refractivity contribution in [3.05, 3.63) is 18.0 Å². The summed E-state index contributed by atoms with van der Waals surface area (Å²) in [5, 5.41) is 3.85. The van der Waals surface area contributed by atoms with Gasteiger partial charge < -0.3 is 4.74 Å². The Morgan fingerprint density at radius 1 is 1.57 bits per heavy atom. The number of aromatic nitrogens is 2. The fraction of sp³-hybridized carbons (Fsp3) is 0.444. The minimum Gasteiger partial charge on any atom is -0.461 e. The Balaban J connectivity index is 2.81. The zero-order valence-electron chi connectivity index (χ0n) is 8.19. The molecule has 0 atom stereocenters. The summed E-state index contributed by atoms with van der Waals surface area (Å²) in [6.45, 7) is 3.57. The number of carbonyl (C=O) groups is 2. The van der Waals surface area contributed by atoms with Gasteiger partial charge in [0.2, 0.25) is 0 Å². The first kappa shape index (κ1) is 10.4. The predicted molar refractivity (Wildman–Crippen MR) is 48.9 cm³/mol. The first-order chi connectivity index (χ1) is 6.65. The van der Waals surface area contributed by atoms with Crippen LogP contribution in [0.4, 0.5) is 0 Å². The molecule has 0 saturated heterocycles. The van der Waals surface area contributed by atoms with Gasteiger partial charge in [-0.05, 0) is 19.9 Å². The Morgan fingerprint density at radius 3 is 2.86 bits per heavy atom. The van der Waals surface area contributed by atoms with Gasteiger partial charge in [0.1, 0.15) is 12.2 Å². The van der Waals surface area contributed by atoms with Crippen molar-refractivity contribution in [3.63, 3.8) is 0 Å². The Hall–Kier alpha value is -1.65. The molecule has 0 aromatic carbocycles. The van der Waals surface area contributed by atoms with Gasteiger partial charge in [0, 0.05) is 6.20 Å². The number of rotatable bonds is 4. The molecule has 0 spiro atoms. The lowest BCUT2D eigenvalue weighted by atomic mass is 10.4. The fourth-order valence-electron chi connectivity index (χ4n) is 1.05. The van der Waals surface area contributed by atoms with E-state index >= 15 is 0 Å². The lowest BCUT2D eigenvalue weighted by Gasteiger charge is -2.04. The molecule has 1 rings (SSSR count). The Morgan fingerprint density at radius 2 is 2.29 bits per heavy atom. The fourth-order valence-corrected chi connectivity index (χ4v) is 1.05. The van der Waals surface area contributed by atoms with E-state index in [1.165, 1.54) is 23.9 Å². The highest BCUT2D eigenvalue weighted by Crippen LogP contribution is 2.01. The zero-order valence-corrected chi connectivity index (χ0v) is 8.19. The molecule has 5 heteroatoms. The highest BCUT2D eigenvalue weighted by atomic mass is 16.5. The second kappa shape index (κ2) is 4.55. The number of esters is 1. The molecule has 14 heavy (non-hydrogen) atoms. The second-order valence-electron chi connectivity index (χ2n) is 2.80. The maximum Gasteiger partial charge on any atom is 0.356 e. The van der Waals surface area contributed by atoms with E-state index in [9.17, 15) is 9.59 Å². The number of hydrogen-bond acceptors (Lipinski definition) is 4. The molecule has 0 saturated carbocycles. The van der Waals surface area contributed by atoms with E-state index in [1.807, 2.05) is 0 Å². The van der Waals surface area contributed by atoms with Gasteiger partial charge in [0.15, 0.2) is 5.78 Å². The second-order valence-corrected chi connectivity index (χ2v) is 2.80. The quantitative estimate of drug-likeness (QED) is 0.663. The van der Waals surface area contributed by atoms with E-state index in [0.717, 1.165) is 0 Å².